The molecule has 1 heterocycles. The van der Waals surface area contributed by atoms with Crippen molar-refractivity contribution in [3.05, 3.63) is 24.0 Å². The number of imidazole rings is 1. The predicted octanol–water partition coefficient (Wildman–Crippen LogP) is 4.41. The quantitative estimate of drug-likeness (QED) is 0.709. The third kappa shape index (κ3) is 2.89. The highest BCUT2D eigenvalue weighted by atomic mass is 35.5. The fourth-order valence-corrected chi connectivity index (χ4v) is 3.43. The van der Waals surface area contributed by atoms with Crippen LogP contribution in [-0.2, 0) is 13.0 Å². The largest absolute Gasteiger partial charge is 0.497 e. The Morgan fingerprint density at radius 2 is 2.19 bits per heavy atom. The summed E-state index contributed by atoms with van der Waals surface area (Å²) in [6, 6.07) is 6.12. The first-order chi connectivity index (χ1) is 10.2. The van der Waals surface area contributed by atoms with Gasteiger partial charge in [-0.15, -0.1) is 11.6 Å². The summed E-state index contributed by atoms with van der Waals surface area (Å²) in [7, 11) is 1.71. The van der Waals surface area contributed by atoms with Crippen LogP contribution in [0.15, 0.2) is 18.2 Å². The van der Waals surface area contributed by atoms with E-state index in [0.717, 1.165) is 30.1 Å². The Morgan fingerprint density at radius 3 is 2.81 bits per heavy atom. The van der Waals surface area contributed by atoms with Gasteiger partial charge >= 0.3 is 0 Å². The van der Waals surface area contributed by atoms with Crippen LogP contribution in [0.2, 0.25) is 0 Å². The lowest BCUT2D eigenvalue weighted by atomic mass is 10.0. The van der Waals surface area contributed by atoms with Crippen molar-refractivity contribution < 1.29 is 4.74 Å². The van der Waals surface area contributed by atoms with E-state index in [4.69, 9.17) is 21.3 Å². The van der Waals surface area contributed by atoms with Gasteiger partial charge in [0.25, 0.3) is 0 Å². The number of ether oxygens (including phenoxy) is 1. The Morgan fingerprint density at radius 1 is 1.38 bits per heavy atom. The van der Waals surface area contributed by atoms with Crippen LogP contribution >= 0.6 is 11.6 Å². The highest BCUT2D eigenvalue weighted by Gasteiger charge is 2.42. The lowest BCUT2D eigenvalue weighted by molar-refractivity contribution is 0.387. The summed E-state index contributed by atoms with van der Waals surface area (Å²) in [4.78, 5) is 4.77. The highest BCUT2D eigenvalue weighted by Crippen LogP contribution is 2.51. The molecular weight excluding hydrogens is 284 g/mol. The number of fused-ring (bicyclic) bond motifs is 1. The molecule has 2 aromatic rings. The lowest BCUT2D eigenvalue weighted by Crippen LogP contribution is -2.14. The van der Waals surface area contributed by atoms with Gasteiger partial charge in [0.2, 0.25) is 0 Å². The van der Waals surface area contributed by atoms with E-state index >= 15 is 0 Å². The van der Waals surface area contributed by atoms with Crippen LogP contribution in [0.1, 0.15) is 38.4 Å². The molecule has 21 heavy (non-hydrogen) atoms. The molecule has 4 heteroatoms. The van der Waals surface area contributed by atoms with Gasteiger partial charge in [0.05, 0.1) is 18.1 Å². The Hall–Kier alpha value is -1.22. The number of hydrogen-bond acceptors (Lipinski definition) is 2. The van der Waals surface area contributed by atoms with E-state index in [1.165, 1.54) is 31.2 Å². The van der Waals surface area contributed by atoms with E-state index in [0.29, 0.717) is 11.3 Å². The Labute approximate surface area is 131 Å². The smallest absolute Gasteiger partial charge is 0.121 e. The summed E-state index contributed by atoms with van der Waals surface area (Å²) in [6.45, 7) is 3.34. The number of nitrogens with zero attached hydrogens (tertiary/aromatic N) is 2. The third-order valence-corrected chi connectivity index (χ3v) is 4.77. The fourth-order valence-electron chi connectivity index (χ4n) is 3.26. The van der Waals surface area contributed by atoms with Crippen molar-refractivity contribution in [2.75, 3.05) is 13.0 Å². The number of alkyl halides is 1. The van der Waals surface area contributed by atoms with Crippen molar-refractivity contribution in [1.82, 2.24) is 9.55 Å². The number of rotatable bonds is 7. The molecule has 1 saturated carbocycles. The molecule has 0 N–H and O–H groups in total. The number of hydrogen-bond donors (Lipinski definition) is 0. The minimum absolute atomic E-state index is 0.493. The van der Waals surface area contributed by atoms with Crippen LogP contribution in [0.5, 0.6) is 5.75 Å². The van der Waals surface area contributed by atoms with Crippen molar-refractivity contribution in [3.63, 3.8) is 0 Å². The summed E-state index contributed by atoms with van der Waals surface area (Å²) >= 11 is 5.96. The van der Waals surface area contributed by atoms with E-state index < -0.39 is 0 Å². The van der Waals surface area contributed by atoms with Gasteiger partial charge in [-0.2, -0.15) is 0 Å². The zero-order chi connectivity index (χ0) is 14.9. The molecule has 1 aliphatic rings. The van der Waals surface area contributed by atoms with Crippen molar-refractivity contribution in [2.24, 2.45) is 5.41 Å². The molecule has 0 atom stereocenters. The molecule has 0 bridgehead atoms. The molecule has 0 radical (unpaired) electrons. The lowest BCUT2D eigenvalue weighted by Gasteiger charge is -2.17. The third-order valence-electron chi connectivity index (χ3n) is 4.58. The number of aryl methyl sites for hydroxylation is 1. The number of benzene rings is 1. The second-order valence-corrected chi connectivity index (χ2v) is 6.54. The molecule has 0 aliphatic heterocycles. The Kier molecular flexibility index (Phi) is 4.12. The van der Waals surface area contributed by atoms with Crippen LogP contribution in [0.3, 0.4) is 0 Å². The van der Waals surface area contributed by atoms with Gasteiger partial charge in [-0.25, -0.2) is 4.98 Å². The van der Waals surface area contributed by atoms with E-state index in [1.807, 2.05) is 12.1 Å². The first-order valence-electron chi connectivity index (χ1n) is 7.80. The van der Waals surface area contributed by atoms with Crippen molar-refractivity contribution in [3.8, 4) is 5.75 Å². The monoisotopic (exact) mass is 306 g/mol. The highest BCUT2D eigenvalue weighted by molar-refractivity contribution is 6.17. The normalized spacial score (nSPS) is 16.3. The molecule has 1 aromatic carbocycles. The summed E-state index contributed by atoms with van der Waals surface area (Å²) in [6.07, 6.45) is 6.05. The minimum Gasteiger partial charge on any atom is -0.497 e. The fraction of sp³-hybridized carbons (Fsp3) is 0.588. The van der Waals surface area contributed by atoms with Crippen molar-refractivity contribution >= 4 is 22.6 Å². The molecule has 1 aromatic heterocycles. The number of halogens is 1. The van der Waals surface area contributed by atoms with Gasteiger partial charge < -0.3 is 9.30 Å². The minimum atomic E-state index is 0.493. The Balaban J connectivity index is 2.02. The van der Waals surface area contributed by atoms with Gasteiger partial charge in [-0.05, 0) is 36.8 Å². The van der Waals surface area contributed by atoms with Crippen LogP contribution in [-0.4, -0.2) is 22.5 Å². The van der Waals surface area contributed by atoms with Crippen LogP contribution < -0.4 is 4.74 Å². The molecule has 1 aliphatic carbocycles. The molecule has 0 amide bonds. The zero-order valence-electron chi connectivity index (χ0n) is 12.9. The summed E-state index contributed by atoms with van der Waals surface area (Å²) < 4.78 is 7.75. The second-order valence-electron chi connectivity index (χ2n) is 6.16. The molecule has 3 nitrogen and oxygen atoms in total. The maximum Gasteiger partial charge on any atom is 0.121 e. The van der Waals surface area contributed by atoms with Crippen molar-refractivity contribution in [2.45, 2.75) is 45.6 Å². The van der Waals surface area contributed by atoms with E-state index in [9.17, 15) is 0 Å². The van der Waals surface area contributed by atoms with Crippen molar-refractivity contribution in [1.29, 1.82) is 0 Å². The number of methoxy groups -OCH3 is 1. The molecule has 0 saturated heterocycles. The zero-order valence-corrected chi connectivity index (χ0v) is 13.6. The van der Waals surface area contributed by atoms with Gasteiger partial charge in [-0.3, -0.25) is 0 Å². The topological polar surface area (TPSA) is 27.1 Å². The standard InChI is InChI=1S/C17H23ClN2O/c1-3-7-17(8-9-17)12-20-15-11-13(21-2)4-5-14(15)19-16(20)6-10-18/h4-5,11H,3,6-10,12H2,1-2H3. The van der Waals surface area contributed by atoms with Gasteiger partial charge in [0, 0.05) is 24.9 Å². The van der Waals surface area contributed by atoms with Gasteiger partial charge in [0.15, 0.2) is 0 Å². The Bertz CT molecular complexity index is 631. The maximum atomic E-state index is 5.96. The summed E-state index contributed by atoms with van der Waals surface area (Å²) in [5, 5.41) is 0. The predicted molar refractivity (Wildman–Crippen MR) is 87.3 cm³/mol. The molecule has 1 fully saturated rings. The molecular formula is C17H23ClN2O. The number of aromatic nitrogens is 2. The van der Waals surface area contributed by atoms with E-state index in [1.54, 1.807) is 7.11 Å². The summed E-state index contributed by atoms with van der Waals surface area (Å²) in [5.41, 5.74) is 2.71. The average Bonchev–Trinajstić information content (AvgIpc) is 3.17. The molecule has 0 spiro atoms. The van der Waals surface area contributed by atoms with Gasteiger partial charge in [0.1, 0.15) is 11.6 Å². The first-order valence-corrected chi connectivity index (χ1v) is 8.34. The molecule has 3 rings (SSSR count). The van der Waals surface area contributed by atoms with Gasteiger partial charge in [-0.1, -0.05) is 13.3 Å². The maximum absolute atomic E-state index is 5.96. The molecule has 114 valence electrons. The first kappa shape index (κ1) is 14.7. The van der Waals surface area contributed by atoms with Crippen LogP contribution in [0.4, 0.5) is 0 Å². The molecule has 0 unspecified atom stereocenters. The van der Waals surface area contributed by atoms with Crippen LogP contribution in [0, 0.1) is 5.41 Å². The summed E-state index contributed by atoms with van der Waals surface area (Å²) in [5.74, 6) is 2.61. The van der Waals surface area contributed by atoms with Crippen LogP contribution in [0.25, 0.3) is 11.0 Å². The van der Waals surface area contributed by atoms with E-state index in [-0.39, 0.29) is 0 Å². The average molecular weight is 307 g/mol. The van der Waals surface area contributed by atoms with E-state index in [2.05, 4.69) is 17.6 Å². The SMILES string of the molecule is CCCC1(Cn2c(CCCl)nc3ccc(OC)cc32)CC1. The second kappa shape index (κ2) is 5.88.